The first-order valence-electron chi connectivity index (χ1n) is 18.0. The number of piperazine rings is 1. The lowest BCUT2D eigenvalue weighted by molar-refractivity contribution is -0.131. The van der Waals surface area contributed by atoms with E-state index in [9.17, 15) is 9.59 Å². The van der Waals surface area contributed by atoms with E-state index in [1.165, 1.54) is 11.1 Å². The van der Waals surface area contributed by atoms with E-state index in [-0.39, 0.29) is 29.7 Å². The van der Waals surface area contributed by atoms with Crippen LogP contribution in [0.2, 0.25) is 0 Å². The molecule has 4 aromatic carbocycles. The minimum atomic E-state index is -0.629. The van der Waals surface area contributed by atoms with Crippen LogP contribution in [0.5, 0.6) is 17.2 Å². The Labute approximate surface area is 306 Å². The molecule has 270 valence electrons. The van der Waals surface area contributed by atoms with Gasteiger partial charge in [0.1, 0.15) is 5.75 Å². The van der Waals surface area contributed by atoms with E-state index in [1.54, 1.807) is 27.4 Å². The van der Waals surface area contributed by atoms with Gasteiger partial charge in [-0.2, -0.15) is 0 Å². The second-order valence-corrected chi connectivity index (χ2v) is 14.6. The second kappa shape index (κ2) is 14.8. The molecule has 0 aromatic heterocycles. The van der Waals surface area contributed by atoms with E-state index in [4.69, 9.17) is 14.2 Å². The van der Waals surface area contributed by atoms with E-state index in [0.29, 0.717) is 48.8 Å². The van der Waals surface area contributed by atoms with Crippen LogP contribution in [0.3, 0.4) is 0 Å². The first kappa shape index (κ1) is 35.1. The van der Waals surface area contributed by atoms with Gasteiger partial charge in [0.05, 0.1) is 51.3 Å². The molecule has 3 aliphatic rings. The molecule has 1 fully saturated rings. The Hall–Kier alpha value is -5.28. The molecule has 7 rings (SSSR count). The molecule has 9 nitrogen and oxygen atoms in total. The lowest BCUT2D eigenvalue weighted by atomic mass is 9.73. The summed E-state index contributed by atoms with van der Waals surface area (Å²) in [6.45, 7) is 6.96. The summed E-state index contributed by atoms with van der Waals surface area (Å²) < 4.78 is 17.4. The molecule has 4 aromatic rings. The van der Waals surface area contributed by atoms with Gasteiger partial charge >= 0.3 is 0 Å². The molecule has 1 saturated heterocycles. The summed E-state index contributed by atoms with van der Waals surface area (Å²) >= 11 is 0. The van der Waals surface area contributed by atoms with Crippen molar-refractivity contribution in [3.05, 3.63) is 125 Å². The van der Waals surface area contributed by atoms with E-state index < -0.39 is 6.04 Å². The number of ether oxygens (including phenoxy) is 3. The molecule has 2 heterocycles. The topological polar surface area (TPSA) is 83.6 Å². The number of carbonyl (C=O) groups is 2. The van der Waals surface area contributed by atoms with Crippen LogP contribution < -0.4 is 24.4 Å². The number of ketones is 1. The maximum Gasteiger partial charge on any atom is 0.242 e. The predicted molar refractivity (Wildman–Crippen MR) is 204 cm³/mol. The van der Waals surface area contributed by atoms with E-state index >= 15 is 0 Å². The van der Waals surface area contributed by atoms with E-state index in [2.05, 4.69) is 77.5 Å². The van der Waals surface area contributed by atoms with Gasteiger partial charge in [-0.05, 0) is 41.2 Å². The quantitative estimate of drug-likeness (QED) is 0.196. The Morgan fingerprint density at radius 2 is 1.35 bits per heavy atom. The van der Waals surface area contributed by atoms with Crippen molar-refractivity contribution in [3.63, 3.8) is 0 Å². The normalized spacial score (nSPS) is 18.7. The highest BCUT2D eigenvalue weighted by atomic mass is 16.5. The van der Waals surface area contributed by atoms with Crippen molar-refractivity contribution in [3.8, 4) is 17.2 Å². The Bertz CT molecular complexity index is 1910. The van der Waals surface area contributed by atoms with E-state index in [0.717, 1.165) is 35.7 Å². The number of allylic oxidation sites excluding steroid dienone is 1. The van der Waals surface area contributed by atoms with Crippen LogP contribution in [0.15, 0.2) is 108 Å². The Balaban J connectivity index is 1.25. The van der Waals surface area contributed by atoms with Crippen molar-refractivity contribution in [2.75, 3.05) is 64.3 Å². The Morgan fingerprint density at radius 3 is 1.96 bits per heavy atom. The molecule has 1 aliphatic carbocycles. The van der Waals surface area contributed by atoms with Crippen molar-refractivity contribution in [2.45, 2.75) is 38.8 Å². The lowest BCUT2D eigenvalue weighted by Crippen LogP contribution is -2.52. The van der Waals surface area contributed by atoms with Crippen molar-refractivity contribution in [1.29, 1.82) is 0 Å². The number of hydrogen-bond donors (Lipinski definition) is 1. The number of anilines is 2. The maximum atomic E-state index is 14.6. The van der Waals surface area contributed by atoms with Gasteiger partial charge in [-0.15, -0.1) is 0 Å². The van der Waals surface area contributed by atoms with Gasteiger partial charge in [0.2, 0.25) is 5.91 Å². The van der Waals surface area contributed by atoms with Gasteiger partial charge in [0, 0.05) is 55.5 Å². The number of para-hydroxylation sites is 2. The molecule has 1 amide bonds. The third-order valence-corrected chi connectivity index (χ3v) is 10.6. The van der Waals surface area contributed by atoms with Crippen molar-refractivity contribution in [2.24, 2.45) is 5.41 Å². The third-order valence-electron chi connectivity index (χ3n) is 10.6. The standard InChI is InChI=1S/C43H48N4O5/c1-43(2)26-33-40(35(48)27-43)42(31-24-37(51-4)38(52-5)25-36(31)50-3)47(34-19-13-12-18-32(34)44-33)28-39(49)45-20-22-46(23-21-45)41(29-14-8-6-9-15-29)30-16-10-7-11-17-30/h6-19,24-25,41-42,44H,20-23,26-28H2,1-5H3. The van der Waals surface area contributed by atoms with Gasteiger partial charge in [0.25, 0.3) is 0 Å². The van der Waals surface area contributed by atoms with Gasteiger partial charge in [-0.3, -0.25) is 14.5 Å². The number of nitrogens with zero attached hydrogens (tertiary/aromatic N) is 3. The summed E-state index contributed by atoms with van der Waals surface area (Å²) in [6, 6.07) is 32.3. The molecule has 1 atom stereocenters. The number of fused-ring (bicyclic) bond motifs is 1. The van der Waals surface area contributed by atoms with Gasteiger partial charge in [-0.25, -0.2) is 0 Å². The smallest absolute Gasteiger partial charge is 0.242 e. The van der Waals surface area contributed by atoms with Crippen LogP contribution in [-0.2, 0) is 9.59 Å². The molecule has 52 heavy (non-hydrogen) atoms. The monoisotopic (exact) mass is 700 g/mol. The van der Waals surface area contributed by atoms with Crippen molar-refractivity contribution >= 4 is 23.1 Å². The minimum absolute atomic E-state index is 0.00232. The molecular weight excluding hydrogens is 652 g/mol. The number of benzene rings is 4. The molecule has 2 aliphatic heterocycles. The van der Waals surface area contributed by atoms with Crippen LogP contribution in [0.4, 0.5) is 11.4 Å². The fraction of sp³-hybridized carbons (Fsp3) is 0.349. The summed E-state index contributed by atoms with van der Waals surface area (Å²) in [4.78, 5) is 35.4. The predicted octanol–water partition coefficient (Wildman–Crippen LogP) is 7.26. The zero-order chi connectivity index (χ0) is 36.4. The van der Waals surface area contributed by atoms with E-state index in [1.807, 2.05) is 47.4 Å². The first-order chi connectivity index (χ1) is 25.2. The van der Waals surface area contributed by atoms with Crippen LogP contribution in [-0.4, -0.2) is 75.5 Å². The second-order valence-electron chi connectivity index (χ2n) is 14.6. The molecule has 0 saturated carbocycles. The Morgan fingerprint density at radius 1 is 0.769 bits per heavy atom. The number of rotatable bonds is 9. The largest absolute Gasteiger partial charge is 0.496 e. The van der Waals surface area contributed by atoms with Crippen LogP contribution in [0.25, 0.3) is 0 Å². The SMILES string of the molecule is COc1cc(OC)c(C2C3=C(CC(C)(C)CC3=O)Nc3ccccc3N2CC(=O)N2CCN(C(c3ccccc3)c3ccccc3)CC2)cc1OC. The summed E-state index contributed by atoms with van der Waals surface area (Å²) in [5.41, 5.74) is 6.17. The molecule has 0 spiro atoms. The summed E-state index contributed by atoms with van der Waals surface area (Å²) in [5.74, 6) is 1.63. The van der Waals surface area contributed by atoms with Crippen LogP contribution in [0, 0.1) is 5.41 Å². The van der Waals surface area contributed by atoms with Crippen LogP contribution in [0.1, 0.15) is 55.5 Å². The number of nitrogens with one attached hydrogen (secondary N) is 1. The van der Waals surface area contributed by atoms with Gasteiger partial charge in [-0.1, -0.05) is 86.6 Å². The molecule has 1 unspecified atom stereocenters. The minimum Gasteiger partial charge on any atom is -0.496 e. The number of Topliss-reactive ketones (excluding diaryl/α,β-unsaturated/α-hetero) is 1. The van der Waals surface area contributed by atoms with Crippen molar-refractivity contribution in [1.82, 2.24) is 9.80 Å². The molecular formula is C43H48N4O5. The fourth-order valence-electron chi connectivity index (χ4n) is 8.18. The number of amides is 1. The third kappa shape index (κ3) is 6.85. The highest BCUT2D eigenvalue weighted by Gasteiger charge is 2.43. The molecule has 0 bridgehead atoms. The lowest BCUT2D eigenvalue weighted by Gasteiger charge is -2.42. The summed E-state index contributed by atoms with van der Waals surface area (Å²) in [5, 5.41) is 3.66. The first-order valence-corrected chi connectivity index (χ1v) is 18.0. The molecule has 9 heteroatoms. The zero-order valence-electron chi connectivity index (χ0n) is 30.7. The maximum absolute atomic E-state index is 14.6. The molecule has 1 N–H and O–H groups in total. The fourth-order valence-corrected chi connectivity index (χ4v) is 8.18. The highest BCUT2D eigenvalue weighted by Crippen LogP contribution is 2.51. The molecule has 0 radical (unpaired) electrons. The number of carbonyl (C=O) groups excluding carboxylic acids is 2. The van der Waals surface area contributed by atoms with Gasteiger partial charge < -0.3 is 29.3 Å². The Kier molecular flexibility index (Phi) is 9.97. The zero-order valence-corrected chi connectivity index (χ0v) is 30.7. The number of methoxy groups -OCH3 is 3. The average Bonchev–Trinajstić information content (AvgIpc) is 3.29. The number of hydrogen-bond acceptors (Lipinski definition) is 8. The van der Waals surface area contributed by atoms with Crippen molar-refractivity contribution < 1.29 is 23.8 Å². The highest BCUT2D eigenvalue weighted by molar-refractivity contribution is 6.02. The average molecular weight is 701 g/mol. The van der Waals surface area contributed by atoms with Gasteiger partial charge in [0.15, 0.2) is 17.3 Å². The summed E-state index contributed by atoms with van der Waals surface area (Å²) in [7, 11) is 4.79. The summed E-state index contributed by atoms with van der Waals surface area (Å²) in [6.07, 6.45) is 1.08. The van der Waals surface area contributed by atoms with Crippen LogP contribution >= 0.6 is 0 Å².